The van der Waals surface area contributed by atoms with E-state index in [1.54, 1.807) is 0 Å². The SMILES string of the molecule is COC(=O)C(C)C(C)N[C@@H](C)c1ccc(Cl)cc1. The summed E-state index contributed by atoms with van der Waals surface area (Å²) in [5.41, 5.74) is 1.14. The lowest BCUT2D eigenvalue weighted by Gasteiger charge is -2.24. The number of hydrogen-bond donors (Lipinski definition) is 1. The van der Waals surface area contributed by atoms with Gasteiger partial charge in [0, 0.05) is 17.1 Å². The van der Waals surface area contributed by atoms with Crippen molar-refractivity contribution in [1.29, 1.82) is 0 Å². The van der Waals surface area contributed by atoms with Gasteiger partial charge in [0.1, 0.15) is 0 Å². The van der Waals surface area contributed by atoms with Gasteiger partial charge in [-0.1, -0.05) is 30.7 Å². The van der Waals surface area contributed by atoms with Crippen LogP contribution in [0.2, 0.25) is 5.02 Å². The van der Waals surface area contributed by atoms with E-state index in [1.807, 2.05) is 38.1 Å². The highest BCUT2D eigenvalue weighted by atomic mass is 35.5. The third kappa shape index (κ3) is 4.00. The monoisotopic (exact) mass is 269 g/mol. The average Bonchev–Trinajstić information content (AvgIpc) is 2.37. The highest BCUT2D eigenvalue weighted by Crippen LogP contribution is 2.18. The van der Waals surface area contributed by atoms with Gasteiger partial charge in [-0.3, -0.25) is 4.79 Å². The molecule has 1 rings (SSSR count). The van der Waals surface area contributed by atoms with Crippen LogP contribution in [0.5, 0.6) is 0 Å². The summed E-state index contributed by atoms with van der Waals surface area (Å²) in [7, 11) is 1.41. The maximum absolute atomic E-state index is 11.4. The van der Waals surface area contributed by atoms with Gasteiger partial charge < -0.3 is 10.1 Å². The van der Waals surface area contributed by atoms with Crippen molar-refractivity contribution < 1.29 is 9.53 Å². The fourth-order valence-electron chi connectivity index (χ4n) is 1.78. The molecule has 3 nitrogen and oxygen atoms in total. The normalized spacial score (nSPS) is 15.8. The van der Waals surface area contributed by atoms with E-state index in [1.165, 1.54) is 7.11 Å². The van der Waals surface area contributed by atoms with Gasteiger partial charge in [-0.2, -0.15) is 0 Å². The Kier molecular flexibility index (Phi) is 5.63. The van der Waals surface area contributed by atoms with Gasteiger partial charge in [-0.25, -0.2) is 0 Å². The number of benzene rings is 1. The number of nitrogens with one attached hydrogen (secondary N) is 1. The molecule has 0 aliphatic heterocycles. The van der Waals surface area contributed by atoms with Gasteiger partial charge in [0.2, 0.25) is 0 Å². The molecule has 0 bridgehead atoms. The van der Waals surface area contributed by atoms with Gasteiger partial charge in [0.15, 0.2) is 0 Å². The number of methoxy groups -OCH3 is 1. The van der Waals surface area contributed by atoms with Crippen molar-refractivity contribution >= 4 is 17.6 Å². The Morgan fingerprint density at radius 1 is 1.22 bits per heavy atom. The molecule has 0 saturated heterocycles. The smallest absolute Gasteiger partial charge is 0.309 e. The van der Waals surface area contributed by atoms with Crippen molar-refractivity contribution in [2.75, 3.05) is 7.11 Å². The molecule has 1 N–H and O–H groups in total. The number of ether oxygens (including phenoxy) is 1. The van der Waals surface area contributed by atoms with Crippen molar-refractivity contribution in [3.8, 4) is 0 Å². The predicted octanol–water partition coefficient (Wildman–Crippen LogP) is 3.19. The molecule has 0 heterocycles. The summed E-state index contributed by atoms with van der Waals surface area (Å²) in [5, 5.41) is 4.11. The van der Waals surface area contributed by atoms with E-state index in [-0.39, 0.29) is 24.0 Å². The zero-order chi connectivity index (χ0) is 13.7. The van der Waals surface area contributed by atoms with Crippen molar-refractivity contribution in [2.24, 2.45) is 5.92 Å². The molecule has 3 atom stereocenters. The molecule has 1 aromatic carbocycles. The highest BCUT2D eigenvalue weighted by Gasteiger charge is 2.22. The van der Waals surface area contributed by atoms with Crippen LogP contribution in [-0.4, -0.2) is 19.1 Å². The molecule has 0 radical (unpaired) electrons. The Balaban J connectivity index is 2.61. The molecule has 0 saturated carbocycles. The third-order valence-corrected chi connectivity index (χ3v) is 3.46. The van der Waals surface area contributed by atoms with Gasteiger partial charge in [-0.05, 0) is 31.5 Å². The first-order valence-electron chi connectivity index (χ1n) is 6.05. The summed E-state index contributed by atoms with van der Waals surface area (Å²) in [4.78, 5) is 11.4. The van der Waals surface area contributed by atoms with Crippen LogP contribution in [0.25, 0.3) is 0 Å². The van der Waals surface area contributed by atoms with Gasteiger partial charge in [0.05, 0.1) is 13.0 Å². The van der Waals surface area contributed by atoms with Gasteiger partial charge in [-0.15, -0.1) is 0 Å². The van der Waals surface area contributed by atoms with Crippen LogP contribution in [0.1, 0.15) is 32.4 Å². The zero-order valence-corrected chi connectivity index (χ0v) is 12.0. The minimum absolute atomic E-state index is 0.0446. The van der Waals surface area contributed by atoms with Crippen LogP contribution in [0.4, 0.5) is 0 Å². The highest BCUT2D eigenvalue weighted by molar-refractivity contribution is 6.30. The second kappa shape index (κ2) is 6.76. The fourth-order valence-corrected chi connectivity index (χ4v) is 1.90. The van der Waals surface area contributed by atoms with E-state index in [0.717, 1.165) is 10.6 Å². The molecule has 0 amide bonds. The maximum Gasteiger partial charge on any atom is 0.309 e. The minimum atomic E-state index is -0.196. The zero-order valence-electron chi connectivity index (χ0n) is 11.2. The van der Waals surface area contributed by atoms with E-state index in [9.17, 15) is 4.79 Å². The fraction of sp³-hybridized carbons (Fsp3) is 0.500. The first-order valence-corrected chi connectivity index (χ1v) is 6.42. The van der Waals surface area contributed by atoms with Gasteiger partial charge in [0.25, 0.3) is 0 Å². The van der Waals surface area contributed by atoms with Crippen LogP contribution < -0.4 is 5.32 Å². The average molecular weight is 270 g/mol. The van der Waals surface area contributed by atoms with Crippen molar-refractivity contribution in [3.63, 3.8) is 0 Å². The summed E-state index contributed by atoms with van der Waals surface area (Å²) in [5.74, 6) is -0.372. The van der Waals surface area contributed by atoms with Crippen molar-refractivity contribution in [1.82, 2.24) is 5.32 Å². The lowest BCUT2D eigenvalue weighted by atomic mass is 10.0. The Bertz CT molecular complexity index is 391. The Hall–Kier alpha value is -1.06. The number of carbonyl (C=O) groups excluding carboxylic acids is 1. The van der Waals surface area contributed by atoms with Crippen LogP contribution in [0.3, 0.4) is 0 Å². The quantitative estimate of drug-likeness (QED) is 0.835. The van der Waals surface area contributed by atoms with E-state index < -0.39 is 0 Å². The molecule has 0 fully saturated rings. The second-order valence-electron chi connectivity index (χ2n) is 4.54. The summed E-state index contributed by atoms with van der Waals surface area (Å²) >= 11 is 5.85. The van der Waals surface area contributed by atoms with E-state index >= 15 is 0 Å². The van der Waals surface area contributed by atoms with Crippen LogP contribution in [0.15, 0.2) is 24.3 Å². The first kappa shape index (κ1) is 15.0. The molecule has 0 aliphatic carbocycles. The summed E-state index contributed by atoms with van der Waals surface area (Å²) < 4.78 is 4.74. The Morgan fingerprint density at radius 2 is 1.78 bits per heavy atom. The Labute approximate surface area is 113 Å². The molecular weight excluding hydrogens is 250 g/mol. The predicted molar refractivity (Wildman–Crippen MR) is 73.6 cm³/mol. The standard InChI is InChI=1S/C14H20ClNO2/c1-9(14(17)18-4)10(2)16-11(3)12-5-7-13(15)8-6-12/h5-11,16H,1-4H3/t9?,10?,11-/m0/s1. The van der Waals surface area contributed by atoms with Crippen molar-refractivity contribution in [2.45, 2.75) is 32.9 Å². The topological polar surface area (TPSA) is 38.3 Å². The van der Waals surface area contributed by atoms with Gasteiger partial charge >= 0.3 is 5.97 Å². The largest absolute Gasteiger partial charge is 0.469 e. The van der Waals surface area contributed by atoms with Crippen LogP contribution >= 0.6 is 11.6 Å². The lowest BCUT2D eigenvalue weighted by Crippen LogP contribution is -2.38. The molecule has 0 aromatic heterocycles. The van der Waals surface area contributed by atoms with E-state index in [2.05, 4.69) is 12.2 Å². The molecular formula is C14H20ClNO2. The second-order valence-corrected chi connectivity index (χ2v) is 4.98. The van der Waals surface area contributed by atoms with Crippen LogP contribution in [0, 0.1) is 5.92 Å². The molecule has 2 unspecified atom stereocenters. The molecule has 0 spiro atoms. The third-order valence-electron chi connectivity index (χ3n) is 3.21. The summed E-state index contributed by atoms with van der Waals surface area (Å²) in [6.45, 7) is 5.90. The van der Waals surface area contributed by atoms with Crippen LogP contribution in [-0.2, 0) is 9.53 Å². The number of halogens is 1. The number of rotatable bonds is 5. The molecule has 18 heavy (non-hydrogen) atoms. The number of esters is 1. The van der Waals surface area contributed by atoms with Crippen molar-refractivity contribution in [3.05, 3.63) is 34.9 Å². The molecule has 100 valence electrons. The molecule has 1 aromatic rings. The van der Waals surface area contributed by atoms with E-state index in [4.69, 9.17) is 16.3 Å². The Morgan fingerprint density at radius 3 is 2.28 bits per heavy atom. The molecule has 4 heteroatoms. The number of carbonyl (C=O) groups is 1. The minimum Gasteiger partial charge on any atom is -0.469 e. The molecule has 0 aliphatic rings. The summed E-state index contributed by atoms with van der Waals surface area (Å²) in [6.07, 6.45) is 0. The first-order chi connectivity index (χ1) is 8.45. The lowest BCUT2D eigenvalue weighted by molar-refractivity contribution is -0.145. The maximum atomic E-state index is 11.4. The van der Waals surface area contributed by atoms with E-state index in [0.29, 0.717) is 0 Å². The number of hydrogen-bond acceptors (Lipinski definition) is 3. The summed E-state index contributed by atoms with van der Waals surface area (Å²) in [6, 6.07) is 7.89.